The molecule has 1 fully saturated rings. The highest BCUT2D eigenvalue weighted by molar-refractivity contribution is 6.31. The molecule has 2 heterocycles. The number of nitrogens with one attached hydrogen (secondary N) is 1. The van der Waals surface area contributed by atoms with Gasteiger partial charge in [-0.2, -0.15) is 0 Å². The van der Waals surface area contributed by atoms with Crippen LogP contribution < -0.4 is 20.3 Å². The number of likely N-dealkylation sites (tertiary alicyclic amines) is 1. The first-order valence-electron chi connectivity index (χ1n) is 9.94. The molecule has 31 heavy (non-hydrogen) atoms. The summed E-state index contributed by atoms with van der Waals surface area (Å²) in [5, 5.41) is 3.90. The molecular weight excluding hydrogens is 420 g/mol. The van der Waals surface area contributed by atoms with Crippen LogP contribution in [0.5, 0.6) is 11.5 Å². The number of ether oxygens (including phenoxy) is 2. The van der Waals surface area contributed by atoms with Crippen molar-refractivity contribution in [3.8, 4) is 11.5 Å². The highest BCUT2D eigenvalue weighted by Gasteiger charge is 2.25. The van der Waals surface area contributed by atoms with E-state index in [0.29, 0.717) is 59.0 Å². The number of nitrogens with zero attached hydrogens (tertiary/aromatic N) is 3. The van der Waals surface area contributed by atoms with Gasteiger partial charge in [0.1, 0.15) is 11.5 Å². The number of anilines is 1. The second kappa shape index (κ2) is 8.85. The lowest BCUT2D eigenvalue weighted by Crippen LogP contribution is -2.42. The minimum Gasteiger partial charge on any atom is -0.497 e. The summed E-state index contributed by atoms with van der Waals surface area (Å²) < 4.78 is 12.2. The van der Waals surface area contributed by atoms with Crippen LogP contribution in [0.2, 0.25) is 5.02 Å². The van der Waals surface area contributed by atoms with Crippen LogP contribution in [0.3, 0.4) is 0 Å². The van der Waals surface area contributed by atoms with Crippen molar-refractivity contribution in [1.82, 2.24) is 14.5 Å². The van der Waals surface area contributed by atoms with Gasteiger partial charge < -0.3 is 19.7 Å². The van der Waals surface area contributed by atoms with Crippen molar-refractivity contribution in [3.63, 3.8) is 0 Å². The fourth-order valence-corrected chi connectivity index (χ4v) is 3.98. The molecule has 9 heteroatoms. The number of fused-ring (bicyclic) bond motifs is 1. The largest absolute Gasteiger partial charge is 0.497 e. The van der Waals surface area contributed by atoms with Gasteiger partial charge in [0, 0.05) is 30.2 Å². The average Bonchev–Trinajstić information content (AvgIpc) is 2.80. The molecule has 0 saturated carbocycles. The number of amides is 2. The lowest BCUT2D eigenvalue weighted by atomic mass is 10.0. The number of piperidine rings is 1. The first-order valence-corrected chi connectivity index (χ1v) is 10.3. The number of benzene rings is 2. The zero-order chi connectivity index (χ0) is 22.0. The van der Waals surface area contributed by atoms with Gasteiger partial charge in [-0.25, -0.2) is 9.78 Å². The Morgan fingerprint density at radius 2 is 1.90 bits per heavy atom. The lowest BCUT2D eigenvalue weighted by Gasteiger charge is -2.33. The van der Waals surface area contributed by atoms with Gasteiger partial charge >= 0.3 is 6.03 Å². The van der Waals surface area contributed by atoms with Crippen LogP contribution in [0, 0.1) is 0 Å². The summed E-state index contributed by atoms with van der Waals surface area (Å²) in [4.78, 5) is 31.8. The van der Waals surface area contributed by atoms with E-state index >= 15 is 0 Å². The summed E-state index contributed by atoms with van der Waals surface area (Å²) >= 11 is 6.04. The van der Waals surface area contributed by atoms with Gasteiger partial charge in [-0.05, 0) is 43.2 Å². The molecule has 1 aliphatic rings. The maximum absolute atomic E-state index is 12.9. The second-order valence-electron chi connectivity index (χ2n) is 7.33. The lowest BCUT2D eigenvalue weighted by molar-refractivity contribution is 0.182. The number of carbonyl (C=O) groups is 1. The first kappa shape index (κ1) is 21.0. The number of hydrogen-bond acceptors (Lipinski definition) is 5. The molecule has 1 aliphatic heterocycles. The Bertz CT molecular complexity index is 1170. The monoisotopic (exact) mass is 442 g/mol. The van der Waals surface area contributed by atoms with Crippen LogP contribution in [0.25, 0.3) is 10.9 Å². The number of carbonyl (C=O) groups excluding carboxylic acids is 1. The summed E-state index contributed by atoms with van der Waals surface area (Å²) in [7, 11) is 3.11. The molecule has 0 aliphatic carbocycles. The fraction of sp³-hybridized carbons (Fsp3) is 0.318. The van der Waals surface area contributed by atoms with Gasteiger partial charge in [-0.3, -0.25) is 9.36 Å². The van der Waals surface area contributed by atoms with Crippen LogP contribution in [0.4, 0.5) is 10.5 Å². The van der Waals surface area contributed by atoms with Gasteiger partial charge in [0.05, 0.1) is 37.1 Å². The Balaban J connectivity index is 1.44. The first-order chi connectivity index (χ1) is 15.0. The highest BCUT2D eigenvalue weighted by atomic mass is 35.5. The number of rotatable bonds is 4. The molecule has 1 saturated heterocycles. The van der Waals surface area contributed by atoms with Crippen molar-refractivity contribution in [3.05, 3.63) is 58.1 Å². The zero-order valence-corrected chi connectivity index (χ0v) is 18.1. The third kappa shape index (κ3) is 4.29. The van der Waals surface area contributed by atoms with E-state index < -0.39 is 0 Å². The Morgan fingerprint density at radius 3 is 2.61 bits per heavy atom. The van der Waals surface area contributed by atoms with Gasteiger partial charge in [-0.15, -0.1) is 0 Å². The third-order valence-corrected chi connectivity index (χ3v) is 5.78. The highest BCUT2D eigenvalue weighted by Crippen LogP contribution is 2.30. The van der Waals surface area contributed by atoms with E-state index in [1.54, 1.807) is 66.4 Å². The number of methoxy groups -OCH3 is 2. The van der Waals surface area contributed by atoms with E-state index in [2.05, 4.69) is 10.3 Å². The van der Waals surface area contributed by atoms with Crippen molar-refractivity contribution in [2.24, 2.45) is 0 Å². The standard InChI is InChI=1S/C22H23ClN4O4/c1-30-16-4-6-19(20(12-16)31-2)25-22(29)26-9-7-15(8-10-26)27-13-24-18-5-3-14(23)11-17(18)21(27)28/h3-6,11-13,15H,7-10H2,1-2H3,(H,25,29). The predicted molar refractivity (Wildman–Crippen MR) is 119 cm³/mol. The van der Waals surface area contributed by atoms with E-state index in [4.69, 9.17) is 21.1 Å². The quantitative estimate of drug-likeness (QED) is 0.661. The van der Waals surface area contributed by atoms with Crippen LogP contribution in [-0.4, -0.2) is 47.8 Å². The summed E-state index contributed by atoms with van der Waals surface area (Å²) in [6.07, 6.45) is 2.89. The predicted octanol–water partition coefficient (Wildman–Crippen LogP) is 3.94. The van der Waals surface area contributed by atoms with Gasteiger partial charge in [0.25, 0.3) is 5.56 Å². The van der Waals surface area contributed by atoms with E-state index in [0.717, 1.165) is 0 Å². The number of hydrogen-bond donors (Lipinski definition) is 1. The van der Waals surface area contributed by atoms with Crippen LogP contribution in [-0.2, 0) is 0 Å². The SMILES string of the molecule is COc1ccc(NC(=O)N2CCC(n3cnc4ccc(Cl)cc4c3=O)CC2)c(OC)c1. The normalized spacial score (nSPS) is 14.5. The summed E-state index contributed by atoms with van der Waals surface area (Å²) in [5.41, 5.74) is 1.08. The molecule has 2 aromatic carbocycles. The summed E-state index contributed by atoms with van der Waals surface area (Å²) in [6.45, 7) is 1.05. The molecule has 1 N–H and O–H groups in total. The van der Waals surface area contributed by atoms with Crippen LogP contribution >= 0.6 is 11.6 Å². The molecule has 0 unspecified atom stereocenters. The zero-order valence-electron chi connectivity index (χ0n) is 17.3. The fourth-order valence-electron chi connectivity index (χ4n) is 3.81. The molecule has 0 bridgehead atoms. The molecule has 0 atom stereocenters. The van der Waals surface area contributed by atoms with Crippen molar-refractivity contribution in [2.75, 3.05) is 32.6 Å². The van der Waals surface area contributed by atoms with Gasteiger partial charge in [0.2, 0.25) is 0 Å². The summed E-state index contributed by atoms with van der Waals surface area (Å²) in [5.74, 6) is 1.17. The molecule has 162 valence electrons. The Hall–Kier alpha value is -3.26. The van der Waals surface area contributed by atoms with E-state index in [9.17, 15) is 9.59 Å². The second-order valence-corrected chi connectivity index (χ2v) is 7.77. The molecule has 8 nitrogen and oxygen atoms in total. The minimum absolute atomic E-state index is 0.0250. The third-order valence-electron chi connectivity index (χ3n) is 5.54. The molecule has 3 aromatic rings. The number of urea groups is 1. The van der Waals surface area contributed by atoms with Gasteiger partial charge in [0.15, 0.2) is 0 Å². The van der Waals surface area contributed by atoms with E-state index in [1.165, 1.54) is 0 Å². The van der Waals surface area contributed by atoms with Crippen LogP contribution in [0.1, 0.15) is 18.9 Å². The van der Waals surface area contributed by atoms with Crippen molar-refractivity contribution in [1.29, 1.82) is 0 Å². The van der Waals surface area contributed by atoms with E-state index in [-0.39, 0.29) is 17.6 Å². The molecular formula is C22H23ClN4O4. The number of aromatic nitrogens is 2. The molecule has 4 rings (SSSR count). The molecule has 1 aromatic heterocycles. The van der Waals surface area contributed by atoms with Crippen molar-refractivity contribution >= 4 is 34.2 Å². The smallest absolute Gasteiger partial charge is 0.321 e. The van der Waals surface area contributed by atoms with Gasteiger partial charge in [-0.1, -0.05) is 11.6 Å². The Morgan fingerprint density at radius 1 is 1.13 bits per heavy atom. The Labute approximate surface area is 184 Å². The average molecular weight is 443 g/mol. The number of halogens is 1. The maximum atomic E-state index is 12.9. The maximum Gasteiger partial charge on any atom is 0.321 e. The minimum atomic E-state index is -0.210. The van der Waals surface area contributed by atoms with Crippen LogP contribution in [0.15, 0.2) is 47.5 Å². The van der Waals surface area contributed by atoms with Crippen molar-refractivity contribution < 1.29 is 14.3 Å². The van der Waals surface area contributed by atoms with E-state index in [1.807, 2.05) is 0 Å². The molecule has 2 amide bonds. The molecule has 0 radical (unpaired) electrons. The topological polar surface area (TPSA) is 85.7 Å². The summed E-state index contributed by atoms with van der Waals surface area (Å²) in [6, 6.07) is 10.1. The Kier molecular flexibility index (Phi) is 5.99. The van der Waals surface area contributed by atoms with Crippen molar-refractivity contribution in [2.45, 2.75) is 18.9 Å². The molecule has 0 spiro atoms.